The SMILES string of the molecule is CCN(Cc1ccccc1NC(=O)CCCc1ccc(C)cc1)C(C)=O. The third-order valence-electron chi connectivity index (χ3n) is 4.47. The molecule has 2 aromatic carbocycles. The molecule has 1 N–H and O–H groups in total. The molecule has 2 rings (SSSR count). The highest BCUT2D eigenvalue weighted by Crippen LogP contribution is 2.18. The van der Waals surface area contributed by atoms with Crippen molar-refractivity contribution in [2.24, 2.45) is 0 Å². The summed E-state index contributed by atoms with van der Waals surface area (Å²) in [5.74, 6) is 0.0437. The van der Waals surface area contributed by atoms with E-state index in [-0.39, 0.29) is 11.8 Å². The molecule has 0 heterocycles. The summed E-state index contributed by atoms with van der Waals surface area (Å²) in [6.07, 6.45) is 2.18. The fourth-order valence-electron chi connectivity index (χ4n) is 2.85. The molecule has 0 aliphatic heterocycles. The van der Waals surface area contributed by atoms with Gasteiger partial charge in [0, 0.05) is 32.1 Å². The molecule has 26 heavy (non-hydrogen) atoms. The average molecular weight is 352 g/mol. The van der Waals surface area contributed by atoms with Crippen molar-refractivity contribution in [1.82, 2.24) is 4.90 Å². The van der Waals surface area contributed by atoms with Crippen molar-refractivity contribution in [3.63, 3.8) is 0 Å². The normalized spacial score (nSPS) is 10.4. The number of nitrogens with zero attached hydrogens (tertiary/aromatic N) is 1. The van der Waals surface area contributed by atoms with Gasteiger partial charge < -0.3 is 10.2 Å². The van der Waals surface area contributed by atoms with Gasteiger partial charge in [-0.25, -0.2) is 0 Å². The highest BCUT2D eigenvalue weighted by Gasteiger charge is 2.11. The van der Waals surface area contributed by atoms with Crippen molar-refractivity contribution in [2.75, 3.05) is 11.9 Å². The van der Waals surface area contributed by atoms with Gasteiger partial charge in [-0.05, 0) is 43.9 Å². The van der Waals surface area contributed by atoms with Crippen LogP contribution in [0.4, 0.5) is 5.69 Å². The van der Waals surface area contributed by atoms with Gasteiger partial charge in [0.2, 0.25) is 11.8 Å². The Kier molecular flexibility index (Phi) is 7.39. The van der Waals surface area contributed by atoms with Crippen LogP contribution in [0.2, 0.25) is 0 Å². The summed E-state index contributed by atoms with van der Waals surface area (Å²) in [5.41, 5.74) is 4.24. The molecule has 0 spiro atoms. The van der Waals surface area contributed by atoms with Crippen LogP contribution in [0.1, 0.15) is 43.4 Å². The number of carbonyl (C=O) groups is 2. The molecule has 2 aromatic rings. The van der Waals surface area contributed by atoms with Gasteiger partial charge in [-0.15, -0.1) is 0 Å². The van der Waals surface area contributed by atoms with Crippen LogP contribution in [0, 0.1) is 6.92 Å². The maximum Gasteiger partial charge on any atom is 0.224 e. The van der Waals surface area contributed by atoms with E-state index in [0.717, 1.165) is 24.1 Å². The van der Waals surface area contributed by atoms with Crippen LogP contribution in [-0.4, -0.2) is 23.3 Å². The molecule has 0 bridgehead atoms. The summed E-state index contributed by atoms with van der Waals surface area (Å²) in [6, 6.07) is 16.1. The maximum absolute atomic E-state index is 12.3. The number of rotatable bonds is 8. The summed E-state index contributed by atoms with van der Waals surface area (Å²) in [6.45, 7) is 6.74. The molecule has 0 unspecified atom stereocenters. The number of para-hydroxylation sites is 1. The molecule has 4 nitrogen and oxygen atoms in total. The smallest absolute Gasteiger partial charge is 0.224 e. The minimum absolute atomic E-state index is 0.00966. The van der Waals surface area contributed by atoms with E-state index in [1.807, 2.05) is 31.2 Å². The molecular weight excluding hydrogens is 324 g/mol. The van der Waals surface area contributed by atoms with Crippen molar-refractivity contribution in [2.45, 2.75) is 46.6 Å². The summed E-state index contributed by atoms with van der Waals surface area (Å²) < 4.78 is 0. The first-order valence-electron chi connectivity index (χ1n) is 9.18. The molecular formula is C22H28N2O2. The monoisotopic (exact) mass is 352 g/mol. The van der Waals surface area contributed by atoms with Gasteiger partial charge >= 0.3 is 0 Å². The number of amides is 2. The lowest BCUT2D eigenvalue weighted by Crippen LogP contribution is -2.28. The van der Waals surface area contributed by atoms with Gasteiger partial charge in [0.25, 0.3) is 0 Å². The van der Waals surface area contributed by atoms with Crippen molar-refractivity contribution >= 4 is 17.5 Å². The number of hydrogen-bond donors (Lipinski definition) is 1. The van der Waals surface area contributed by atoms with Crippen LogP contribution in [0.15, 0.2) is 48.5 Å². The van der Waals surface area contributed by atoms with E-state index in [0.29, 0.717) is 19.5 Å². The van der Waals surface area contributed by atoms with Crippen molar-refractivity contribution in [1.29, 1.82) is 0 Å². The molecule has 2 amide bonds. The molecule has 0 aliphatic carbocycles. The zero-order valence-corrected chi connectivity index (χ0v) is 15.9. The standard InChI is InChI=1S/C22H28N2O2/c1-4-24(18(3)25)16-20-9-5-6-10-21(20)23-22(26)11-7-8-19-14-12-17(2)13-15-19/h5-6,9-10,12-15H,4,7-8,11,16H2,1-3H3,(H,23,26). The second kappa shape index (κ2) is 9.76. The molecule has 0 saturated carbocycles. The summed E-state index contributed by atoms with van der Waals surface area (Å²) in [7, 11) is 0. The molecule has 0 aromatic heterocycles. The Hall–Kier alpha value is -2.62. The van der Waals surface area contributed by atoms with E-state index in [1.54, 1.807) is 11.8 Å². The molecule has 0 atom stereocenters. The fourth-order valence-corrected chi connectivity index (χ4v) is 2.85. The quantitative estimate of drug-likeness (QED) is 0.769. The first-order chi connectivity index (χ1) is 12.5. The van der Waals surface area contributed by atoms with Crippen molar-refractivity contribution < 1.29 is 9.59 Å². The number of anilines is 1. The predicted molar refractivity (Wildman–Crippen MR) is 106 cm³/mol. The van der Waals surface area contributed by atoms with E-state index in [9.17, 15) is 9.59 Å². The number of hydrogen-bond acceptors (Lipinski definition) is 2. The van der Waals surface area contributed by atoms with Crippen LogP contribution in [0.3, 0.4) is 0 Å². The molecule has 0 fully saturated rings. The summed E-state index contributed by atoms with van der Waals surface area (Å²) in [4.78, 5) is 25.7. The zero-order chi connectivity index (χ0) is 18.9. The third kappa shape index (κ3) is 6.03. The number of carbonyl (C=O) groups excluding carboxylic acids is 2. The van der Waals surface area contributed by atoms with Gasteiger partial charge in [0.05, 0.1) is 0 Å². The Morgan fingerprint density at radius 2 is 1.73 bits per heavy atom. The minimum Gasteiger partial charge on any atom is -0.339 e. The van der Waals surface area contributed by atoms with Gasteiger partial charge in [0.15, 0.2) is 0 Å². The van der Waals surface area contributed by atoms with Crippen LogP contribution in [0.5, 0.6) is 0 Å². The molecule has 0 aliphatic rings. The van der Waals surface area contributed by atoms with Crippen LogP contribution in [0.25, 0.3) is 0 Å². The van der Waals surface area contributed by atoms with Crippen molar-refractivity contribution in [3.05, 3.63) is 65.2 Å². The van der Waals surface area contributed by atoms with Crippen molar-refractivity contribution in [3.8, 4) is 0 Å². The topological polar surface area (TPSA) is 49.4 Å². The minimum atomic E-state index is 0.00966. The Morgan fingerprint density at radius 3 is 2.38 bits per heavy atom. The highest BCUT2D eigenvalue weighted by atomic mass is 16.2. The molecule has 138 valence electrons. The molecule has 4 heteroatoms. The maximum atomic E-state index is 12.3. The number of nitrogens with one attached hydrogen (secondary N) is 1. The van der Waals surface area contributed by atoms with Crippen LogP contribution < -0.4 is 5.32 Å². The Bertz CT molecular complexity index is 738. The first-order valence-corrected chi connectivity index (χ1v) is 9.18. The van der Waals surface area contributed by atoms with E-state index in [2.05, 4.69) is 36.5 Å². The lowest BCUT2D eigenvalue weighted by Gasteiger charge is -2.21. The molecule has 0 saturated heterocycles. The third-order valence-corrected chi connectivity index (χ3v) is 4.47. The average Bonchev–Trinajstić information content (AvgIpc) is 2.62. The fraction of sp³-hybridized carbons (Fsp3) is 0.364. The number of aryl methyl sites for hydroxylation is 2. The van der Waals surface area contributed by atoms with E-state index in [1.165, 1.54) is 11.1 Å². The zero-order valence-electron chi connectivity index (χ0n) is 15.9. The first kappa shape index (κ1) is 19.7. The van der Waals surface area contributed by atoms with E-state index >= 15 is 0 Å². The Balaban J connectivity index is 1.90. The lowest BCUT2D eigenvalue weighted by atomic mass is 10.1. The van der Waals surface area contributed by atoms with Gasteiger partial charge in [-0.2, -0.15) is 0 Å². The van der Waals surface area contributed by atoms with Gasteiger partial charge in [-0.3, -0.25) is 9.59 Å². The van der Waals surface area contributed by atoms with Crippen LogP contribution in [-0.2, 0) is 22.6 Å². The van der Waals surface area contributed by atoms with Gasteiger partial charge in [-0.1, -0.05) is 48.0 Å². The summed E-state index contributed by atoms with van der Waals surface area (Å²) >= 11 is 0. The van der Waals surface area contributed by atoms with Crippen LogP contribution >= 0.6 is 0 Å². The highest BCUT2D eigenvalue weighted by molar-refractivity contribution is 5.91. The Morgan fingerprint density at radius 1 is 1.04 bits per heavy atom. The van der Waals surface area contributed by atoms with E-state index < -0.39 is 0 Å². The Labute approximate surface area is 156 Å². The molecule has 0 radical (unpaired) electrons. The lowest BCUT2D eigenvalue weighted by molar-refractivity contribution is -0.129. The predicted octanol–water partition coefficient (Wildman–Crippen LogP) is 4.32. The summed E-state index contributed by atoms with van der Waals surface area (Å²) in [5, 5.41) is 3.00. The van der Waals surface area contributed by atoms with E-state index in [4.69, 9.17) is 0 Å². The largest absolute Gasteiger partial charge is 0.339 e. The number of benzene rings is 2. The second-order valence-electron chi connectivity index (χ2n) is 6.58. The second-order valence-corrected chi connectivity index (χ2v) is 6.58. The van der Waals surface area contributed by atoms with Gasteiger partial charge in [0.1, 0.15) is 0 Å².